The minimum atomic E-state index is -3.58. The van der Waals surface area contributed by atoms with Crippen LogP contribution in [0.4, 0.5) is 5.69 Å². The van der Waals surface area contributed by atoms with Crippen LogP contribution in [-0.2, 0) is 25.8 Å². The molecule has 5 heteroatoms. The van der Waals surface area contributed by atoms with E-state index in [2.05, 4.69) is 26.1 Å². The van der Waals surface area contributed by atoms with E-state index in [-0.39, 0.29) is 11.2 Å². The van der Waals surface area contributed by atoms with E-state index in [1.54, 1.807) is 6.07 Å². The molecule has 28 heavy (non-hydrogen) atoms. The predicted octanol–water partition coefficient (Wildman–Crippen LogP) is 4.77. The SMILES string of the molecule is Cc1ccc(NC(=O)CS(=O)(=O)Cc2c(C)cc(C(C)(C)C)cc2C)cc1C. The molecular weight excluding hydrogens is 370 g/mol. The molecule has 152 valence electrons. The van der Waals surface area contributed by atoms with Gasteiger partial charge in [-0.05, 0) is 78.6 Å². The van der Waals surface area contributed by atoms with Crippen molar-refractivity contribution < 1.29 is 13.2 Å². The van der Waals surface area contributed by atoms with Crippen molar-refractivity contribution in [2.75, 3.05) is 11.1 Å². The lowest BCUT2D eigenvalue weighted by atomic mass is 9.84. The summed E-state index contributed by atoms with van der Waals surface area (Å²) in [4.78, 5) is 12.3. The van der Waals surface area contributed by atoms with Gasteiger partial charge in [0.25, 0.3) is 0 Å². The monoisotopic (exact) mass is 401 g/mol. The molecule has 0 fully saturated rings. The van der Waals surface area contributed by atoms with E-state index in [9.17, 15) is 13.2 Å². The van der Waals surface area contributed by atoms with Crippen LogP contribution in [0.1, 0.15) is 54.2 Å². The van der Waals surface area contributed by atoms with Gasteiger partial charge in [0.15, 0.2) is 9.84 Å². The molecule has 0 aromatic heterocycles. The van der Waals surface area contributed by atoms with Crippen LogP contribution >= 0.6 is 0 Å². The molecule has 2 rings (SSSR count). The van der Waals surface area contributed by atoms with Crippen LogP contribution in [-0.4, -0.2) is 20.1 Å². The van der Waals surface area contributed by atoms with Crippen molar-refractivity contribution in [1.82, 2.24) is 0 Å². The largest absolute Gasteiger partial charge is 0.325 e. The Balaban J connectivity index is 2.15. The van der Waals surface area contributed by atoms with Crippen LogP contribution in [0, 0.1) is 27.7 Å². The zero-order chi connectivity index (χ0) is 21.3. The van der Waals surface area contributed by atoms with Gasteiger partial charge in [-0.1, -0.05) is 39.0 Å². The molecule has 0 saturated carbocycles. The first-order valence-corrected chi connectivity index (χ1v) is 11.3. The van der Waals surface area contributed by atoms with Gasteiger partial charge in [0.1, 0.15) is 5.75 Å². The highest BCUT2D eigenvalue weighted by molar-refractivity contribution is 7.91. The second-order valence-corrected chi connectivity index (χ2v) is 10.8. The molecule has 0 radical (unpaired) electrons. The van der Waals surface area contributed by atoms with Gasteiger partial charge in [-0.25, -0.2) is 8.42 Å². The van der Waals surface area contributed by atoms with Crippen molar-refractivity contribution in [2.45, 2.75) is 59.6 Å². The summed E-state index contributed by atoms with van der Waals surface area (Å²) >= 11 is 0. The Morgan fingerprint density at radius 1 is 0.893 bits per heavy atom. The summed E-state index contributed by atoms with van der Waals surface area (Å²) < 4.78 is 25.3. The van der Waals surface area contributed by atoms with Crippen molar-refractivity contribution in [3.05, 3.63) is 63.7 Å². The predicted molar refractivity (Wildman–Crippen MR) is 117 cm³/mol. The van der Waals surface area contributed by atoms with Crippen molar-refractivity contribution in [1.29, 1.82) is 0 Å². The zero-order valence-corrected chi connectivity index (χ0v) is 18.8. The van der Waals surface area contributed by atoms with Crippen molar-refractivity contribution in [3.63, 3.8) is 0 Å². The lowest BCUT2D eigenvalue weighted by Gasteiger charge is -2.22. The zero-order valence-electron chi connectivity index (χ0n) is 17.9. The van der Waals surface area contributed by atoms with Gasteiger partial charge in [0.2, 0.25) is 5.91 Å². The Morgan fingerprint density at radius 3 is 1.96 bits per heavy atom. The maximum Gasteiger partial charge on any atom is 0.239 e. The van der Waals surface area contributed by atoms with E-state index in [4.69, 9.17) is 0 Å². The fraction of sp³-hybridized carbons (Fsp3) is 0.435. The third-order valence-electron chi connectivity index (χ3n) is 5.07. The maximum absolute atomic E-state index is 12.6. The van der Waals surface area contributed by atoms with Gasteiger partial charge in [-0.3, -0.25) is 4.79 Å². The van der Waals surface area contributed by atoms with E-state index in [0.717, 1.165) is 27.8 Å². The lowest BCUT2D eigenvalue weighted by molar-refractivity contribution is -0.113. The molecule has 0 aliphatic rings. The van der Waals surface area contributed by atoms with E-state index >= 15 is 0 Å². The summed E-state index contributed by atoms with van der Waals surface area (Å²) in [6, 6.07) is 9.63. The van der Waals surface area contributed by atoms with Crippen LogP contribution < -0.4 is 5.32 Å². The number of aryl methyl sites for hydroxylation is 4. The molecule has 4 nitrogen and oxygen atoms in total. The fourth-order valence-electron chi connectivity index (χ4n) is 3.14. The van der Waals surface area contributed by atoms with Crippen LogP contribution in [0.2, 0.25) is 0 Å². The third-order valence-corrected chi connectivity index (χ3v) is 6.50. The number of hydrogen-bond donors (Lipinski definition) is 1. The Bertz CT molecular complexity index is 976. The molecule has 2 aromatic rings. The van der Waals surface area contributed by atoms with Crippen molar-refractivity contribution in [2.24, 2.45) is 0 Å². The van der Waals surface area contributed by atoms with Crippen LogP contribution in [0.25, 0.3) is 0 Å². The van der Waals surface area contributed by atoms with Gasteiger partial charge >= 0.3 is 0 Å². The van der Waals surface area contributed by atoms with Crippen LogP contribution in [0.15, 0.2) is 30.3 Å². The molecular formula is C23H31NO3S. The first-order chi connectivity index (χ1) is 12.8. The minimum Gasteiger partial charge on any atom is -0.325 e. The summed E-state index contributed by atoms with van der Waals surface area (Å²) in [5, 5.41) is 2.69. The molecule has 0 spiro atoms. The number of amides is 1. The topological polar surface area (TPSA) is 63.2 Å². The third kappa shape index (κ3) is 5.68. The van der Waals surface area contributed by atoms with E-state index in [1.165, 1.54) is 5.56 Å². The highest BCUT2D eigenvalue weighted by Gasteiger charge is 2.22. The summed E-state index contributed by atoms with van der Waals surface area (Å²) in [5.74, 6) is -1.17. The second-order valence-electron chi connectivity index (χ2n) is 8.72. The first-order valence-electron chi connectivity index (χ1n) is 9.46. The average Bonchev–Trinajstić information content (AvgIpc) is 2.52. The molecule has 0 aliphatic carbocycles. The van der Waals surface area contributed by atoms with E-state index < -0.39 is 21.5 Å². The van der Waals surface area contributed by atoms with Gasteiger partial charge in [0, 0.05) is 5.69 Å². The molecule has 0 atom stereocenters. The number of carbonyl (C=O) groups excluding carboxylic acids is 1. The first kappa shape index (κ1) is 22.2. The molecule has 0 aliphatic heterocycles. The fourth-order valence-corrected chi connectivity index (χ4v) is 4.61. The Morgan fingerprint density at radius 2 is 1.46 bits per heavy atom. The van der Waals surface area contributed by atoms with Gasteiger partial charge < -0.3 is 5.32 Å². The molecule has 0 heterocycles. The van der Waals surface area contributed by atoms with Gasteiger partial charge in [-0.15, -0.1) is 0 Å². The number of benzene rings is 2. The molecule has 1 amide bonds. The van der Waals surface area contributed by atoms with Gasteiger partial charge in [0.05, 0.1) is 5.75 Å². The van der Waals surface area contributed by atoms with E-state index in [1.807, 2.05) is 52.0 Å². The van der Waals surface area contributed by atoms with Gasteiger partial charge in [-0.2, -0.15) is 0 Å². The number of sulfone groups is 1. The standard InChI is InChI=1S/C23H31NO3S/c1-15-8-9-20(12-16(15)2)24-22(25)14-28(26,27)13-21-17(3)10-19(11-18(21)4)23(5,6)7/h8-12H,13-14H2,1-7H3,(H,24,25). The summed E-state index contributed by atoms with van der Waals surface area (Å²) in [5.41, 5.74) is 6.64. The van der Waals surface area contributed by atoms with Crippen molar-refractivity contribution in [3.8, 4) is 0 Å². The Labute approximate surface area is 169 Å². The quantitative estimate of drug-likeness (QED) is 0.785. The molecule has 0 saturated heterocycles. The maximum atomic E-state index is 12.6. The molecule has 1 N–H and O–H groups in total. The Kier molecular flexibility index (Phi) is 6.39. The number of nitrogens with one attached hydrogen (secondary N) is 1. The summed E-state index contributed by atoms with van der Waals surface area (Å²) in [6.07, 6.45) is 0. The average molecular weight is 402 g/mol. The van der Waals surface area contributed by atoms with Crippen LogP contribution in [0.5, 0.6) is 0 Å². The summed E-state index contributed by atoms with van der Waals surface area (Å²) in [6.45, 7) is 14.2. The normalized spacial score (nSPS) is 12.1. The van der Waals surface area contributed by atoms with E-state index in [0.29, 0.717) is 5.69 Å². The number of anilines is 1. The second kappa shape index (κ2) is 8.08. The lowest BCUT2D eigenvalue weighted by Crippen LogP contribution is -2.24. The smallest absolute Gasteiger partial charge is 0.239 e. The highest BCUT2D eigenvalue weighted by Crippen LogP contribution is 2.28. The molecule has 0 unspecified atom stereocenters. The number of carbonyl (C=O) groups is 1. The molecule has 0 bridgehead atoms. The minimum absolute atomic E-state index is 0.00101. The highest BCUT2D eigenvalue weighted by atomic mass is 32.2. The number of rotatable bonds is 5. The summed E-state index contributed by atoms with van der Waals surface area (Å²) in [7, 11) is -3.58. The Hall–Kier alpha value is -2.14. The molecule has 2 aromatic carbocycles. The van der Waals surface area contributed by atoms with Crippen molar-refractivity contribution >= 4 is 21.4 Å². The van der Waals surface area contributed by atoms with Crippen LogP contribution in [0.3, 0.4) is 0 Å². The number of hydrogen-bond acceptors (Lipinski definition) is 3.